The van der Waals surface area contributed by atoms with E-state index in [1.165, 1.54) is 39.0 Å². The van der Waals surface area contributed by atoms with Crippen LogP contribution in [-0.4, -0.2) is 0 Å². The van der Waals surface area contributed by atoms with E-state index in [0.29, 0.717) is 0 Å². The van der Waals surface area contributed by atoms with Crippen LogP contribution < -0.4 is 21.9 Å². The van der Waals surface area contributed by atoms with Crippen molar-refractivity contribution in [3.8, 4) is 0 Å². The molecule has 0 fully saturated rings. The molecule has 0 saturated carbocycles. The van der Waals surface area contributed by atoms with E-state index in [2.05, 4.69) is 157 Å². The minimum Gasteiger partial charge on any atom is -0.405 e. The molecule has 1 unspecified atom stereocenters. The van der Waals surface area contributed by atoms with Crippen molar-refractivity contribution in [1.29, 1.82) is 0 Å². The summed E-state index contributed by atoms with van der Waals surface area (Å²) in [6, 6.07) is 25.4. The number of nitrogens with two attached hydrogens (primary N) is 2. The lowest BCUT2D eigenvalue weighted by molar-refractivity contribution is 0.450. The lowest BCUT2D eigenvalue weighted by Crippen LogP contribution is -2.29. The van der Waals surface area contributed by atoms with Crippen LogP contribution in [0.4, 0.5) is 0 Å². The Morgan fingerprint density at radius 3 is 2.55 bits per heavy atom. The van der Waals surface area contributed by atoms with E-state index >= 15 is 0 Å². The minimum atomic E-state index is 0.00558. The largest absolute Gasteiger partial charge is 0.405 e. The maximum atomic E-state index is 6.75. The highest BCUT2D eigenvalue weighted by Crippen LogP contribution is 2.37. The van der Waals surface area contributed by atoms with Gasteiger partial charge in [-0.1, -0.05) is 160 Å². The highest BCUT2D eigenvalue weighted by molar-refractivity contribution is 5.77. The molecule has 1 aliphatic rings. The van der Waals surface area contributed by atoms with E-state index in [4.69, 9.17) is 11.5 Å². The summed E-state index contributed by atoms with van der Waals surface area (Å²) in [7, 11) is 0. The van der Waals surface area contributed by atoms with E-state index in [9.17, 15) is 0 Å². The summed E-state index contributed by atoms with van der Waals surface area (Å²) in [5.41, 5.74) is 23.3. The van der Waals surface area contributed by atoms with Gasteiger partial charge in [0.05, 0.1) is 0 Å². The van der Waals surface area contributed by atoms with Crippen molar-refractivity contribution >= 4 is 23.4 Å². The fourth-order valence-electron chi connectivity index (χ4n) is 6.29. The Bertz CT molecular complexity index is 1950. The Morgan fingerprint density at radius 1 is 1.00 bits per heavy atom. The molecular formula is C47H54N2. The van der Waals surface area contributed by atoms with Crippen LogP contribution in [0.25, 0.3) is 23.4 Å². The predicted molar refractivity (Wildman–Crippen MR) is 216 cm³/mol. The maximum Gasteiger partial charge on any atom is 0.0467 e. The molecule has 0 amide bonds. The lowest BCUT2D eigenvalue weighted by Gasteiger charge is -2.27. The molecule has 0 bridgehead atoms. The van der Waals surface area contributed by atoms with Crippen molar-refractivity contribution in [3.05, 3.63) is 190 Å². The molecule has 0 saturated heterocycles. The molecule has 0 spiro atoms. The van der Waals surface area contributed by atoms with Crippen LogP contribution in [0.15, 0.2) is 157 Å². The quantitative estimate of drug-likeness (QED) is 0.204. The van der Waals surface area contributed by atoms with Gasteiger partial charge in [-0.05, 0) is 113 Å². The van der Waals surface area contributed by atoms with Crippen molar-refractivity contribution < 1.29 is 0 Å². The lowest BCUT2D eigenvalue weighted by atomic mass is 9.78. The van der Waals surface area contributed by atoms with Gasteiger partial charge in [0.15, 0.2) is 0 Å². The molecule has 2 heteroatoms. The standard InChI is InChI=1S/C47H54N2/c1-7-9-17-38(21-14-23-40-19-10-11-20-42(40)31-33-48)35(3)28-29-39-22-15-24-41(30-32-47(5,6)36(39)4)43-25-16-26-44(34-43)46(49)45-27-13-12-18-37(45)8-2/h7-13,15-21,24-31,33-35H,1,14,22-23,32,48-49H2,2-6H3/b17-9-,24-15-,29-28-,33-31-,37-8-,38-21+,39-36+,41-30+,46-45-. The van der Waals surface area contributed by atoms with Gasteiger partial charge in [-0.2, -0.15) is 0 Å². The van der Waals surface area contributed by atoms with Crippen LogP contribution in [0, 0.1) is 11.3 Å². The van der Waals surface area contributed by atoms with Gasteiger partial charge in [0.25, 0.3) is 0 Å². The topological polar surface area (TPSA) is 52.0 Å². The molecule has 1 aliphatic carbocycles. The fraction of sp³-hybridized carbons (Fsp3) is 0.234. The number of rotatable bonds is 11. The van der Waals surface area contributed by atoms with E-state index in [1.807, 2.05) is 24.3 Å². The summed E-state index contributed by atoms with van der Waals surface area (Å²) >= 11 is 0. The van der Waals surface area contributed by atoms with Crippen LogP contribution in [-0.2, 0) is 6.42 Å². The molecule has 4 rings (SSSR count). The average Bonchev–Trinajstić information content (AvgIpc) is 3.17. The molecule has 4 N–H and O–H groups in total. The normalized spacial score (nSPS) is 20.5. The van der Waals surface area contributed by atoms with Crippen LogP contribution in [0.5, 0.6) is 0 Å². The summed E-state index contributed by atoms with van der Waals surface area (Å²) in [5.74, 6) is 0.254. The third-order valence-corrected chi connectivity index (χ3v) is 9.69. The predicted octanol–water partition coefficient (Wildman–Crippen LogP) is 10.1. The molecule has 3 aromatic carbocycles. The molecule has 49 heavy (non-hydrogen) atoms. The summed E-state index contributed by atoms with van der Waals surface area (Å²) in [4.78, 5) is 0. The number of hydrogen-bond donors (Lipinski definition) is 2. The monoisotopic (exact) mass is 646 g/mol. The zero-order valence-corrected chi connectivity index (χ0v) is 30.1. The Morgan fingerprint density at radius 2 is 1.78 bits per heavy atom. The first-order chi connectivity index (χ1) is 23.7. The molecular weight excluding hydrogens is 593 g/mol. The summed E-state index contributed by atoms with van der Waals surface area (Å²) < 4.78 is 0. The second kappa shape index (κ2) is 17.9. The molecule has 3 aromatic rings. The van der Waals surface area contributed by atoms with Gasteiger partial charge in [0, 0.05) is 10.9 Å². The van der Waals surface area contributed by atoms with Crippen molar-refractivity contribution in [2.75, 3.05) is 0 Å². The third-order valence-electron chi connectivity index (χ3n) is 9.69. The molecule has 0 heterocycles. The molecule has 1 atom stereocenters. The fourth-order valence-corrected chi connectivity index (χ4v) is 6.29. The smallest absolute Gasteiger partial charge is 0.0467 e. The van der Waals surface area contributed by atoms with E-state index < -0.39 is 0 Å². The zero-order chi connectivity index (χ0) is 35.2. The number of benzene rings is 3. The van der Waals surface area contributed by atoms with Crippen molar-refractivity contribution in [2.45, 2.75) is 60.3 Å². The molecule has 252 valence electrons. The first-order valence-electron chi connectivity index (χ1n) is 17.5. The second-order valence-electron chi connectivity index (χ2n) is 13.4. The summed E-state index contributed by atoms with van der Waals surface area (Å²) in [6.07, 6.45) is 29.5. The average molecular weight is 647 g/mol. The van der Waals surface area contributed by atoms with Gasteiger partial charge in [-0.3, -0.25) is 0 Å². The molecule has 0 aliphatic heterocycles. The number of allylic oxidation sites excluding steroid dienone is 13. The van der Waals surface area contributed by atoms with Gasteiger partial charge in [-0.25, -0.2) is 0 Å². The Labute approximate surface area is 295 Å². The Kier molecular flexibility index (Phi) is 13.4. The highest BCUT2D eigenvalue weighted by atomic mass is 14.6. The third kappa shape index (κ3) is 9.97. The summed E-state index contributed by atoms with van der Waals surface area (Å²) in [6.45, 7) is 15.3. The highest BCUT2D eigenvalue weighted by Gasteiger charge is 2.22. The number of hydrogen-bond acceptors (Lipinski definition) is 2. The SMILES string of the molecule is C=C/C=C\C(=C/CCc1ccccc1/C=C\N)C(C)/C=C\C1=C(/C)C(C)(C)C/C=C(c2cccc(/C(N)=c3\cccc\c3=C\C)c2)\C=C/C1. The maximum absolute atomic E-state index is 6.75. The van der Waals surface area contributed by atoms with Gasteiger partial charge in [0.1, 0.15) is 0 Å². The molecule has 0 radical (unpaired) electrons. The minimum absolute atomic E-state index is 0.00558. The van der Waals surface area contributed by atoms with Crippen molar-refractivity contribution in [3.63, 3.8) is 0 Å². The van der Waals surface area contributed by atoms with Gasteiger partial charge < -0.3 is 11.5 Å². The molecule has 2 nitrogen and oxygen atoms in total. The zero-order valence-electron chi connectivity index (χ0n) is 30.1. The van der Waals surface area contributed by atoms with Crippen molar-refractivity contribution in [2.24, 2.45) is 22.8 Å². The van der Waals surface area contributed by atoms with E-state index in [-0.39, 0.29) is 11.3 Å². The molecule has 0 aromatic heterocycles. The van der Waals surface area contributed by atoms with E-state index in [0.717, 1.165) is 47.4 Å². The first-order valence-corrected chi connectivity index (χ1v) is 17.5. The van der Waals surface area contributed by atoms with E-state index in [1.54, 1.807) is 6.20 Å². The van der Waals surface area contributed by atoms with Gasteiger partial charge in [-0.15, -0.1) is 0 Å². The van der Waals surface area contributed by atoms with Crippen LogP contribution >= 0.6 is 0 Å². The van der Waals surface area contributed by atoms with Crippen LogP contribution in [0.1, 0.15) is 76.1 Å². The van der Waals surface area contributed by atoms with Crippen LogP contribution in [0.3, 0.4) is 0 Å². The van der Waals surface area contributed by atoms with Crippen molar-refractivity contribution in [1.82, 2.24) is 0 Å². The second-order valence-corrected chi connectivity index (χ2v) is 13.4. The van der Waals surface area contributed by atoms with Crippen LogP contribution in [0.2, 0.25) is 0 Å². The number of aryl methyl sites for hydroxylation is 1. The Balaban J connectivity index is 1.57. The Hall–Kier alpha value is -5.08. The van der Waals surface area contributed by atoms with Gasteiger partial charge >= 0.3 is 0 Å². The van der Waals surface area contributed by atoms with Gasteiger partial charge in [0.2, 0.25) is 0 Å². The summed E-state index contributed by atoms with van der Waals surface area (Å²) in [5, 5.41) is 2.21. The first kappa shape index (κ1) is 36.8.